The largest absolute Gasteiger partial charge is 0.493 e. The minimum Gasteiger partial charge on any atom is -0.493 e. The lowest BCUT2D eigenvalue weighted by Crippen LogP contribution is -2.14. The molecule has 0 radical (unpaired) electrons. The van der Waals surface area contributed by atoms with Crippen LogP contribution in [0.1, 0.15) is 16.6 Å². The summed E-state index contributed by atoms with van der Waals surface area (Å²) in [7, 11) is 3.95. The summed E-state index contributed by atoms with van der Waals surface area (Å²) < 4.78 is 5.44. The van der Waals surface area contributed by atoms with Gasteiger partial charge in [-0.3, -0.25) is 4.90 Å². The molecule has 1 aromatic rings. The van der Waals surface area contributed by atoms with Crippen molar-refractivity contribution in [2.24, 2.45) is 0 Å². The first-order valence-electron chi connectivity index (χ1n) is 4.74. The second kappa shape index (κ2) is 3.79. The number of hydrogen-bond acceptors (Lipinski definition) is 2. The Labute approximate surface area is 89.4 Å². The molecule has 0 N–H and O–H groups in total. The smallest absolute Gasteiger partial charge is 0.122 e. The first-order chi connectivity index (χ1) is 6.68. The molecule has 1 aromatic carbocycles. The van der Waals surface area contributed by atoms with Crippen LogP contribution in [-0.4, -0.2) is 25.6 Å². The molecular formula is C11H14ClNO. The molecule has 3 heteroatoms. The third-order valence-electron chi connectivity index (χ3n) is 2.44. The predicted molar refractivity (Wildman–Crippen MR) is 57.9 cm³/mol. The Hall–Kier alpha value is -0.730. The molecule has 2 rings (SSSR count). The second-order valence-corrected chi connectivity index (χ2v) is 4.18. The second-order valence-electron chi connectivity index (χ2n) is 3.77. The van der Waals surface area contributed by atoms with E-state index in [0.717, 1.165) is 24.3 Å². The van der Waals surface area contributed by atoms with Crippen LogP contribution in [0, 0.1) is 0 Å². The van der Waals surface area contributed by atoms with Crippen molar-refractivity contribution in [3.05, 3.63) is 29.3 Å². The number of fused-ring (bicyclic) bond motifs is 1. The first kappa shape index (κ1) is 9.81. The van der Waals surface area contributed by atoms with Gasteiger partial charge in [-0.05, 0) is 37.4 Å². The normalized spacial score (nSPS) is 16.6. The van der Waals surface area contributed by atoms with Gasteiger partial charge >= 0.3 is 0 Å². The van der Waals surface area contributed by atoms with E-state index in [1.54, 1.807) is 0 Å². The molecule has 0 aliphatic carbocycles. The van der Waals surface area contributed by atoms with E-state index in [-0.39, 0.29) is 5.50 Å². The molecule has 1 heterocycles. The lowest BCUT2D eigenvalue weighted by atomic mass is 10.1. The fraction of sp³-hybridized carbons (Fsp3) is 0.455. The molecule has 0 fully saturated rings. The van der Waals surface area contributed by atoms with Crippen molar-refractivity contribution >= 4 is 11.6 Å². The average molecular weight is 212 g/mol. The number of nitrogens with zero attached hydrogens (tertiary/aromatic N) is 1. The maximum absolute atomic E-state index is 6.23. The standard InChI is InChI=1S/C11H14ClNO/c1-13(2)11(12)9-3-4-10-8(7-9)5-6-14-10/h3-4,7,11H,5-6H2,1-2H3. The highest BCUT2D eigenvalue weighted by atomic mass is 35.5. The zero-order valence-electron chi connectivity index (χ0n) is 8.46. The van der Waals surface area contributed by atoms with Crippen LogP contribution in [0.15, 0.2) is 18.2 Å². The highest BCUT2D eigenvalue weighted by molar-refractivity contribution is 6.20. The third kappa shape index (κ3) is 1.72. The quantitative estimate of drug-likeness (QED) is 0.550. The number of benzene rings is 1. The zero-order chi connectivity index (χ0) is 10.1. The van der Waals surface area contributed by atoms with E-state index in [2.05, 4.69) is 6.07 Å². The lowest BCUT2D eigenvalue weighted by molar-refractivity contribution is 0.356. The summed E-state index contributed by atoms with van der Waals surface area (Å²) in [4.78, 5) is 1.99. The molecule has 0 spiro atoms. The number of halogens is 1. The monoisotopic (exact) mass is 211 g/mol. The van der Waals surface area contributed by atoms with Crippen molar-refractivity contribution < 1.29 is 4.74 Å². The summed E-state index contributed by atoms with van der Waals surface area (Å²) in [6.45, 7) is 0.799. The highest BCUT2D eigenvalue weighted by Gasteiger charge is 2.16. The molecule has 1 unspecified atom stereocenters. The van der Waals surface area contributed by atoms with Gasteiger partial charge in [-0.1, -0.05) is 6.07 Å². The maximum Gasteiger partial charge on any atom is 0.122 e. The van der Waals surface area contributed by atoms with Crippen LogP contribution in [0.25, 0.3) is 0 Å². The van der Waals surface area contributed by atoms with E-state index in [9.17, 15) is 0 Å². The zero-order valence-corrected chi connectivity index (χ0v) is 9.21. The number of rotatable bonds is 2. The van der Waals surface area contributed by atoms with Crippen molar-refractivity contribution in [2.75, 3.05) is 20.7 Å². The van der Waals surface area contributed by atoms with Gasteiger partial charge in [0.2, 0.25) is 0 Å². The molecule has 2 nitrogen and oxygen atoms in total. The Bertz CT molecular complexity index is 338. The van der Waals surface area contributed by atoms with Crippen LogP contribution in [0.2, 0.25) is 0 Å². The van der Waals surface area contributed by atoms with Crippen LogP contribution in [0.4, 0.5) is 0 Å². The predicted octanol–water partition coefficient (Wildman–Crippen LogP) is 2.42. The molecule has 0 saturated heterocycles. The molecular weight excluding hydrogens is 198 g/mol. The Morgan fingerprint density at radius 3 is 2.93 bits per heavy atom. The molecule has 1 atom stereocenters. The van der Waals surface area contributed by atoms with Crippen LogP contribution in [0.5, 0.6) is 5.75 Å². The summed E-state index contributed by atoms with van der Waals surface area (Å²) in [5.74, 6) is 1.01. The molecule has 76 valence electrons. The Balaban J connectivity index is 2.28. The molecule has 0 saturated carbocycles. The lowest BCUT2D eigenvalue weighted by Gasteiger charge is -2.18. The minimum atomic E-state index is -0.0547. The summed E-state index contributed by atoms with van der Waals surface area (Å²) in [6.07, 6.45) is 1.00. The Morgan fingerprint density at radius 1 is 1.43 bits per heavy atom. The van der Waals surface area contributed by atoms with Gasteiger partial charge in [0.25, 0.3) is 0 Å². The van der Waals surface area contributed by atoms with Gasteiger partial charge in [0, 0.05) is 6.42 Å². The number of ether oxygens (including phenoxy) is 1. The van der Waals surface area contributed by atoms with Crippen molar-refractivity contribution in [1.29, 1.82) is 0 Å². The van der Waals surface area contributed by atoms with Crippen molar-refractivity contribution in [1.82, 2.24) is 4.90 Å². The van der Waals surface area contributed by atoms with Gasteiger partial charge in [-0.2, -0.15) is 0 Å². The van der Waals surface area contributed by atoms with Crippen molar-refractivity contribution in [2.45, 2.75) is 11.9 Å². The van der Waals surface area contributed by atoms with E-state index in [0.29, 0.717) is 0 Å². The van der Waals surface area contributed by atoms with E-state index < -0.39 is 0 Å². The van der Waals surface area contributed by atoms with Gasteiger partial charge in [0.05, 0.1) is 6.61 Å². The maximum atomic E-state index is 6.23. The van der Waals surface area contributed by atoms with Crippen LogP contribution in [0.3, 0.4) is 0 Å². The average Bonchev–Trinajstić information content (AvgIpc) is 2.62. The first-order valence-corrected chi connectivity index (χ1v) is 5.18. The summed E-state index contributed by atoms with van der Waals surface area (Å²) in [5.41, 5.74) is 2.36. The van der Waals surface area contributed by atoms with Crippen molar-refractivity contribution in [3.8, 4) is 5.75 Å². The van der Waals surface area contributed by atoms with Gasteiger partial charge in [-0.25, -0.2) is 0 Å². The molecule has 14 heavy (non-hydrogen) atoms. The molecule has 1 aliphatic rings. The molecule has 0 amide bonds. The van der Waals surface area contributed by atoms with Crippen molar-refractivity contribution in [3.63, 3.8) is 0 Å². The molecule has 0 bridgehead atoms. The van der Waals surface area contributed by atoms with E-state index in [1.807, 2.05) is 31.1 Å². The van der Waals surface area contributed by atoms with Gasteiger partial charge in [0.15, 0.2) is 0 Å². The fourth-order valence-electron chi connectivity index (χ4n) is 1.65. The topological polar surface area (TPSA) is 12.5 Å². The van der Waals surface area contributed by atoms with Crippen LogP contribution < -0.4 is 4.74 Å². The summed E-state index contributed by atoms with van der Waals surface area (Å²) in [6, 6.07) is 6.18. The Kier molecular flexibility index (Phi) is 2.66. The molecule has 1 aliphatic heterocycles. The summed E-state index contributed by atoms with van der Waals surface area (Å²) >= 11 is 6.23. The van der Waals surface area contributed by atoms with Gasteiger partial charge in [-0.15, -0.1) is 11.6 Å². The van der Waals surface area contributed by atoms with Crippen LogP contribution in [-0.2, 0) is 6.42 Å². The van der Waals surface area contributed by atoms with Crippen LogP contribution >= 0.6 is 11.6 Å². The third-order valence-corrected chi connectivity index (χ3v) is 3.08. The van der Waals surface area contributed by atoms with Gasteiger partial charge in [0.1, 0.15) is 11.3 Å². The number of hydrogen-bond donors (Lipinski definition) is 0. The highest BCUT2D eigenvalue weighted by Crippen LogP contribution is 2.30. The van der Waals surface area contributed by atoms with Gasteiger partial charge < -0.3 is 4.74 Å². The summed E-state index contributed by atoms with van der Waals surface area (Å²) in [5, 5.41) is 0. The molecule has 0 aromatic heterocycles. The SMILES string of the molecule is CN(C)C(Cl)c1ccc2c(c1)CCO2. The minimum absolute atomic E-state index is 0.0547. The van der Waals surface area contributed by atoms with E-state index >= 15 is 0 Å². The Morgan fingerprint density at radius 2 is 2.21 bits per heavy atom. The van der Waals surface area contributed by atoms with E-state index in [4.69, 9.17) is 16.3 Å². The fourth-order valence-corrected chi connectivity index (χ4v) is 1.79. The van der Waals surface area contributed by atoms with E-state index in [1.165, 1.54) is 5.56 Å². The number of alkyl halides is 1.